The first-order valence-corrected chi connectivity index (χ1v) is 9.43. The van der Waals surface area contributed by atoms with E-state index in [1.165, 1.54) is 6.54 Å². The van der Waals surface area contributed by atoms with Crippen LogP contribution in [0.1, 0.15) is 19.8 Å². The number of aliphatic carboxylic acids is 1. The fraction of sp³-hybridized carbons (Fsp3) is 0.500. The number of carbonyl (C=O) groups excluding carboxylic acids is 2. The molecule has 0 radical (unpaired) electrons. The van der Waals surface area contributed by atoms with E-state index in [0.29, 0.717) is 18.5 Å². The molecule has 3 rings (SSSR count). The van der Waals surface area contributed by atoms with Gasteiger partial charge in [-0.2, -0.15) is 0 Å². The molecule has 1 aromatic carbocycles. The molecular weight excluding hydrogens is 330 g/mol. The first kappa shape index (κ1) is 18.5. The molecule has 0 spiro atoms. The third kappa shape index (κ3) is 4.25. The largest absolute Gasteiger partial charge is 0.550 e. The third-order valence-electron chi connectivity index (χ3n) is 5.54. The van der Waals surface area contributed by atoms with Crippen molar-refractivity contribution in [2.24, 2.45) is 11.8 Å². The van der Waals surface area contributed by atoms with Gasteiger partial charge in [-0.25, -0.2) is 0 Å². The number of nitrogens with one attached hydrogen (secondary N) is 2. The van der Waals surface area contributed by atoms with E-state index in [1.807, 2.05) is 30.3 Å². The number of rotatable bonds is 5. The van der Waals surface area contributed by atoms with Crippen molar-refractivity contribution in [1.82, 2.24) is 0 Å². The molecule has 0 saturated carbocycles. The summed E-state index contributed by atoms with van der Waals surface area (Å²) in [5.74, 6) is -2.74. The first-order chi connectivity index (χ1) is 12.6. The molecule has 2 N–H and O–H groups in total. The Hall–Kier alpha value is -2.34. The lowest BCUT2D eigenvalue weighted by Crippen LogP contribution is -3.14. The highest BCUT2D eigenvalue weighted by molar-refractivity contribution is 5.95. The van der Waals surface area contributed by atoms with Crippen molar-refractivity contribution < 1.29 is 19.6 Å². The van der Waals surface area contributed by atoms with Gasteiger partial charge in [-0.3, -0.25) is 4.79 Å². The molecule has 6 nitrogen and oxygen atoms in total. The van der Waals surface area contributed by atoms with E-state index in [-0.39, 0.29) is 5.91 Å². The molecule has 2 aliphatic rings. The number of amides is 1. The summed E-state index contributed by atoms with van der Waals surface area (Å²) >= 11 is 0. The summed E-state index contributed by atoms with van der Waals surface area (Å²) in [5.41, 5.74) is 1.86. The van der Waals surface area contributed by atoms with Crippen LogP contribution in [0.25, 0.3) is 0 Å². The Balaban J connectivity index is 1.59. The number of quaternary nitrogens is 1. The van der Waals surface area contributed by atoms with Gasteiger partial charge in [0.15, 0.2) is 0 Å². The van der Waals surface area contributed by atoms with Crippen LogP contribution in [0.5, 0.6) is 0 Å². The Morgan fingerprint density at radius 2 is 1.73 bits per heavy atom. The maximum absolute atomic E-state index is 12.5. The Bertz CT molecular complexity index is 663. The van der Waals surface area contributed by atoms with E-state index in [1.54, 1.807) is 11.0 Å². The molecule has 1 aliphatic heterocycles. The summed E-state index contributed by atoms with van der Waals surface area (Å²) in [6.45, 7) is 7.76. The SMILES string of the molecule is CC[NH+]1CCN(c2ccc(NC(=O)[C@H]3CC=CC[C@H]3C(=O)[O-])cc2)CC1. The molecule has 1 aliphatic carbocycles. The summed E-state index contributed by atoms with van der Waals surface area (Å²) in [7, 11) is 0. The van der Waals surface area contributed by atoms with Gasteiger partial charge in [0.25, 0.3) is 0 Å². The van der Waals surface area contributed by atoms with Gasteiger partial charge >= 0.3 is 0 Å². The fourth-order valence-corrected chi connectivity index (χ4v) is 3.79. The highest BCUT2D eigenvalue weighted by atomic mass is 16.4. The highest BCUT2D eigenvalue weighted by Crippen LogP contribution is 2.27. The number of allylic oxidation sites excluding steroid dienone is 2. The summed E-state index contributed by atoms with van der Waals surface area (Å²) in [6.07, 6.45) is 4.46. The van der Waals surface area contributed by atoms with E-state index in [4.69, 9.17) is 0 Å². The lowest BCUT2D eigenvalue weighted by molar-refractivity contribution is -0.898. The molecule has 0 aromatic heterocycles. The van der Waals surface area contributed by atoms with Crippen LogP contribution < -0.4 is 20.2 Å². The zero-order chi connectivity index (χ0) is 18.5. The van der Waals surface area contributed by atoms with Crippen LogP contribution in [-0.2, 0) is 9.59 Å². The third-order valence-corrected chi connectivity index (χ3v) is 5.54. The molecule has 1 saturated heterocycles. The lowest BCUT2D eigenvalue weighted by Gasteiger charge is -2.33. The van der Waals surface area contributed by atoms with Gasteiger partial charge in [0.2, 0.25) is 5.91 Å². The average Bonchev–Trinajstić information content (AvgIpc) is 2.68. The molecule has 1 amide bonds. The van der Waals surface area contributed by atoms with Crippen molar-refractivity contribution in [3.8, 4) is 0 Å². The van der Waals surface area contributed by atoms with Crippen LogP contribution in [0.15, 0.2) is 36.4 Å². The number of likely N-dealkylation sites (N-methyl/N-ethyl adjacent to an activating group) is 1. The van der Waals surface area contributed by atoms with Crippen LogP contribution in [0.2, 0.25) is 0 Å². The molecule has 2 atom stereocenters. The molecule has 140 valence electrons. The van der Waals surface area contributed by atoms with Crippen LogP contribution >= 0.6 is 0 Å². The summed E-state index contributed by atoms with van der Waals surface area (Å²) in [5, 5.41) is 14.1. The number of piperazine rings is 1. The van der Waals surface area contributed by atoms with Gasteiger partial charge in [-0.05, 0) is 44.0 Å². The minimum atomic E-state index is -1.15. The van der Waals surface area contributed by atoms with E-state index in [0.717, 1.165) is 31.9 Å². The minimum Gasteiger partial charge on any atom is -0.550 e. The zero-order valence-electron chi connectivity index (χ0n) is 15.2. The standard InChI is InChI=1S/C20H27N3O3/c1-2-22-11-13-23(14-12-22)16-9-7-15(8-10-16)21-19(24)17-5-3-4-6-18(17)20(25)26/h3-4,7-10,17-18H,2,5-6,11-14H2,1H3,(H,21,24)(H,25,26)/t17-,18+/m0/s1. The van der Waals surface area contributed by atoms with Gasteiger partial charge in [-0.15, -0.1) is 0 Å². The minimum absolute atomic E-state index is 0.253. The molecule has 1 heterocycles. The molecule has 1 aromatic rings. The number of carboxylic acid groups (broad SMARTS) is 1. The second kappa shape index (κ2) is 8.36. The quantitative estimate of drug-likeness (QED) is 0.709. The van der Waals surface area contributed by atoms with Crippen molar-refractivity contribution in [3.63, 3.8) is 0 Å². The second-order valence-corrected chi connectivity index (χ2v) is 7.10. The number of nitrogens with zero attached hydrogens (tertiary/aromatic N) is 1. The Kier molecular flexibility index (Phi) is 5.93. The van der Waals surface area contributed by atoms with Crippen LogP contribution in [0.3, 0.4) is 0 Å². The molecule has 0 bridgehead atoms. The van der Waals surface area contributed by atoms with Gasteiger partial charge in [0.05, 0.1) is 38.6 Å². The predicted octanol–water partition coefficient (Wildman–Crippen LogP) is -0.318. The highest BCUT2D eigenvalue weighted by Gasteiger charge is 2.29. The monoisotopic (exact) mass is 357 g/mol. The van der Waals surface area contributed by atoms with Gasteiger partial charge in [-0.1, -0.05) is 12.2 Å². The smallest absolute Gasteiger partial charge is 0.228 e. The van der Waals surface area contributed by atoms with E-state index in [9.17, 15) is 14.7 Å². The van der Waals surface area contributed by atoms with E-state index < -0.39 is 17.8 Å². The number of carboxylic acids is 1. The second-order valence-electron chi connectivity index (χ2n) is 7.10. The summed E-state index contributed by atoms with van der Waals surface area (Å²) in [6, 6.07) is 7.81. The number of carbonyl (C=O) groups is 2. The average molecular weight is 357 g/mol. The number of hydrogen-bond acceptors (Lipinski definition) is 4. The Labute approximate surface area is 154 Å². The Morgan fingerprint density at radius 3 is 2.31 bits per heavy atom. The van der Waals surface area contributed by atoms with Crippen LogP contribution in [0.4, 0.5) is 11.4 Å². The van der Waals surface area contributed by atoms with Crippen molar-refractivity contribution in [2.45, 2.75) is 19.8 Å². The zero-order valence-corrected chi connectivity index (χ0v) is 15.2. The Morgan fingerprint density at radius 1 is 1.12 bits per heavy atom. The number of hydrogen-bond donors (Lipinski definition) is 2. The first-order valence-electron chi connectivity index (χ1n) is 9.43. The fourth-order valence-electron chi connectivity index (χ4n) is 3.79. The molecule has 26 heavy (non-hydrogen) atoms. The van der Waals surface area contributed by atoms with E-state index >= 15 is 0 Å². The summed E-state index contributed by atoms with van der Waals surface area (Å²) in [4.78, 5) is 27.7. The molecular formula is C20H27N3O3. The number of anilines is 2. The normalized spacial score (nSPS) is 23.7. The van der Waals surface area contributed by atoms with Gasteiger partial charge in [0.1, 0.15) is 0 Å². The molecule has 1 fully saturated rings. The van der Waals surface area contributed by atoms with Crippen LogP contribution in [-0.4, -0.2) is 44.6 Å². The summed E-state index contributed by atoms with van der Waals surface area (Å²) < 4.78 is 0. The van der Waals surface area contributed by atoms with Gasteiger partial charge < -0.3 is 25.0 Å². The van der Waals surface area contributed by atoms with E-state index in [2.05, 4.69) is 17.1 Å². The topological polar surface area (TPSA) is 76.9 Å². The van der Waals surface area contributed by atoms with Crippen molar-refractivity contribution in [2.75, 3.05) is 42.9 Å². The molecule has 0 unspecified atom stereocenters. The predicted molar refractivity (Wildman–Crippen MR) is 98.9 cm³/mol. The maximum Gasteiger partial charge on any atom is 0.228 e. The van der Waals surface area contributed by atoms with Crippen molar-refractivity contribution >= 4 is 23.3 Å². The lowest BCUT2D eigenvalue weighted by atomic mass is 9.82. The molecule has 6 heteroatoms. The van der Waals surface area contributed by atoms with Crippen molar-refractivity contribution in [1.29, 1.82) is 0 Å². The van der Waals surface area contributed by atoms with Gasteiger partial charge in [0, 0.05) is 23.3 Å². The van der Waals surface area contributed by atoms with Crippen molar-refractivity contribution in [3.05, 3.63) is 36.4 Å². The maximum atomic E-state index is 12.5. The number of benzene rings is 1. The van der Waals surface area contributed by atoms with Crippen LogP contribution in [0, 0.1) is 11.8 Å².